The van der Waals surface area contributed by atoms with Crippen molar-refractivity contribution >= 4 is 34.7 Å². The maximum absolute atomic E-state index is 12.4. The summed E-state index contributed by atoms with van der Waals surface area (Å²) in [6.45, 7) is 2.52. The highest BCUT2D eigenvalue weighted by atomic mass is 32.2. The molecule has 0 radical (unpaired) electrons. The van der Waals surface area contributed by atoms with Crippen LogP contribution < -0.4 is 4.74 Å². The molecule has 1 aromatic carbocycles. The number of carbonyl (C=O) groups is 2. The normalized spacial score (nSPS) is 15.8. The number of nitro groups is 1. The molecule has 0 aliphatic carbocycles. The summed E-state index contributed by atoms with van der Waals surface area (Å²) >= 11 is 0.757. The van der Waals surface area contributed by atoms with Crippen LogP contribution in [0.5, 0.6) is 11.5 Å². The zero-order valence-corrected chi connectivity index (χ0v) is 15.1. The number of nitrogens with zero attached hydrogens (tertiary/aromatic N) is 2. The van der Waals surface area contributed by atoms with Gasteiger partial charge in [-0.15, -0.1) is 0 Å². The number of hydrogen-bond acceptors (Lipinski definition) is 8. The first kappa shape index (κ1) is 19.7. The Morgan fingerprint density at radius 1 is 1.38 bits per heavy atom. The van der Waals surface area contributed by atoms with Crippen molar-refractivity contribution in [1.82, 2.24) is 4.90 Å². The minimum Gasteiger partial charge on any atom is -0.500 e. The SMILES string of the molecule is CCOc1cc(/C=C2/SC(=O)N(CCCOC)C2=O)cc([N+](=O)[O-])c1O. The quantitative estimate of drug-likeness (QED) is 0.315. The fourth-order valence-electron chi connectivity index (χ4n) is 2.31. The second-order valence-corrected chi connectivity index (χ2v) is 6.25. The third kappa shape index (κ3) is 4.33. The van der Waals surface area contributed by atoms with Gasteiger partial charge in [-0.05, 0) is 42.8 Å². The van der Waals surface area contributed by atoms with Crippen LogP contribution in [0.15, 0.2) is 17.0 Å². The molecule has 1 saturated heterocycles. The van der Waals surface area contributed by atoms with E-state index in [4.69, 9.17) is 9.47 Å². The standard InChI is InChI=1S/C16H18N2O7S/c1-3-25-12-8-10(7-11(14(12)19)18(22)23)9-13-15(20)17(16(21)26-13)5-4-6-24-2/h7-9,19H,3-6H2,1-2H3/b13-9+. The molecule has 140 valence electrons. The summed E-state index contributed by atoms with van der Waals surface area (Å²) in [5.41, 5.74) is -0.262. The third-order valence-corrected chi connectivity index (χ3v) is 4.38. The van der Waals surface area contributed by atoms with Crippen LogP contribution in [0.1, 0.15) is 18.9 Å². The summed E-state index contributed by atoms with van der Waals surface area (Å²) in [7, 11) is 1.53. The van der Waals surface area contributed by atoms with Crippen molar-refractivity contribution in [3.8, 4) is 11.5 Å². The van der Waals surface area contributed by atoms with E-state index >= 15 is 0 Å². The minimum atomic E-state index is -0.744. The van der Waals surface area contributed by atoms with Gasteiger partial charge in [-0.3, -0.25) is 24.6 Å². The maximum Gasteiger partial charge on any atom is 0.315 e. The maximum atomic E-state index is 12.4. The first-order chi connectivity index (χ1) is 12.4. The number of benzene rings is 1. The van der Waals surface area contributed by atoms with Crippen molar-refractivity contribution in [1.29, 1.82) is 0 Å². The van der Waals surface area contributed by atoms with Crippen LogP contribution in [-0.2, 0) is 9.53 Å². The highest BCUT2D eigenvalue weighted by molar-refractivity contribution is 8.18. The van der Waals surface area contributed by atoms with E-state index in [1.807, 2.05) is 0 Å². The van der Waals surface area contributed by atoms with Crippen molar-refractivity contribution < 1.29 is 29.1 Å². The van der Waals surface area contributed by atoms with Gasteiger partial charge in [-0.25, -0.2) is 0 Å². The number of amides is 2. The van der Waals surface area contributed by atoms with Gasteiger partial charge < -0.3 is 14.6 Å². The van der Waals surface area contributed by atoms with Crippen molar-refractivity contribution in [3.05, 3.63) is 32.7 Å². The van der Waals surface area contributed by atoms with E-state index in [-0.39, 0.29) is 29.4 Å². The van der Waals surface area contributed by atoms with Gasteiger partial charge in [0, 0.05) is 26.3 Å². The van der Waals surface area contributed by atoms with E-state index in [1.54, 1.807) is 6.92 Å². The Kier molecular flexibility index (Phi) is 6.58. The number of thioether (sulfide) groups is 1. The first-order valence-corrected chi connectivity index (χ1v) is 8.59. The number of nitro benzene ring substituents is 1. The number of phenols is 1. The van der Waals surface area contributed by atoms with Gasteiger partial charge in [0.1, 0.15) is 0 Å². The van der Waals surface area contributed by atoms with E-state index in [0.717, 1.165) is 22.7 Å². The van der Waals surface area contributed by atoms with Gasteiger partial charge in [-0.1, -0.05) is 0 Å². The molecular weight excluding hydrogens is 364 g/mol. The van der Waals surface area contributed by atoms with Crippen LogP contribution in [0.25, 0.3) is 6.08 Å². The lowest BCUT2D eigenvalue weighted by Gasteiger charge is -2.11. The van der Waals surface area contributed by atoms with Crippen molar-refractivity contribution in [2.75, 3.05) is 26.9 Å². The number of rotatable bonds is 8. The molecule has 2 rings (SSSR count). The summed E-state index contributed by atoms with van der Waals surface area (Å²) in [6, 6.07) is 2.50. The van der Waals surface area contributed by atoms with Crippen LogP contribution in [-0.4, -0.2) is 52.9 Å². The topological polar surface area (TPSA) is 119 Å². The number of imide groups is 1. The molecule has 1 N–H and O–H groups in total. The fraction of sp³-hybridized carbons (Fsp3) is 0.375. The predicted octanol–water partition coefficient (Wildman–Crippen LogP) is 2.77. The number of hydrogen-bond donors (Lipinski definition) is 1. The molecule has 0 spiro atoms. The molecule has 26 heavy (non-hydrogen) atoms. The molecule has 0 atom stereocenters. The van der Waals surface area contributed by atoms with E-state index in [9.17, 15) is 24.8 Å². The third-order valence-electron chi connectivity index (χ3n) is 3.48. The molecule has 0 saturated carbocycles. The molecule has 1 aliphatic heterocycles. The lowest BCUT2D eigenvalue weighted by Crippen LogP contribution is -2.29. The van der Waals surface area contributed by atoms with E-state index in [1.165, 1.54) is 19.3 Å². The summed E-state index contributed by atoms with van der Waals surface area (Å²) in [5, 5.41) is 20.6. The average Bonchev–Trinajstić information content (AvgIpc) is 2.85. The van der Waals surface area contributed by atoms with Crippen LogP contribution >= 0.6 is 11.8 Å². The molecule has 9 nitrogen and oxygen atoms in total. The number of aromatic hydroxyl groups is 1. The Bertz CT molecular complexity index is 763. The first-order valence-electron chi connectivity index (χ1n) is 7.77. The van der Waals surface area contributed by atoms with Gasteiger partial charge in [0.05, 0.1) is 16.4 Å². The van der Waals surface area contributed by atoms with Gasteiger partial charge in [0.25, 0.3) is 11.1 Å². The Morgan fingerprint density at radius 2 is 2.12 bits per heavy atom. The lowest BCUT2D eigenvalue weighted by atomic mass is 10.1. The van der Waals surface area contributed by atoms with Crippen LogP contribution in [0.4, 0.5) is 10.5 Å². The second kappa shape index (κ2) is 8.68. The summed E-state index contributed by atoms with van der Waals surface area (Å²) in [6.07, 6.45) is 1.89. The lowest BCUT2D eigenvalue weighted by molar-refractivity contribution is -0.386. The fourth-order valence-corrected chi connectivity index (χ4v) is 3.18. The zero-order chi connectivity index (χ0) is 19.3. The van der Waals surface area contributed by atoms with Crippen molar-refractivity contribution in [3.63, 3.8) is 0 Å². The molecule has 0 unspecified atom stereocenters. The monoisotopic (exact) mass is 382 g/mol. The van der Waals surface area contributed by atoms with E-state index < -0.39 is 27.5 Å². The van der Waals surface area contributed by atoms with Crippen LogP contribution in [0.3, 0.4) is 0 Å². The number of ether oxygens (including phenoxy) is 2. The summed E-state index contributed by atoms with van der Waals surface area (Å²) in [4.78, 5) is 36.0. The zero-order valence-electron chi connectivity index (χ0n) is 14.3. The van der Waals surface area contributed by atoms with Gasteiger partial charge in [-0.2, -0.15) is 0 Å². The molecule has 1 fully saturated rings. The summed E-state index contributed by atoms with van der Waals surface area (Å²) in [5.74, 6) is -1.11. The molecule has 1 aromatic rings. The largest absolute Gasteiger partial charge is 0.500 e. The Labute approximate surface area is 153 Å². The highest BCUT2D eigenvalue weighted by Gasteiger charge is 2.34. The number of carbonyl (C=O) groups excluding carboxylic acids is 2. The summed E-state index contributed by atoms with van der Waals surface area (Å²) < 4.78 is 10.1. The Hall–Kier alpha value is -2.59. The highest BCUT2D eigenvalue weighted by Crippen LogP contribution is 2.39. The average molecular weight is 382 g/mol. The van der Waals surface area contributed by atoms with Crippen LogP contribution in [0.2, 0.25) is 0 Å². The molecule has 0 aromatic heterocycles. The van der Waals surface area contributed by atoms with Gasteiger partial charge in [0.2, 0.25) is 5.75 Å². The Morgan fingerprint density at radius 3 is 2.73 bits per heavy atom. The molecule has 1 aliphatic rings. The van der Waals surface area contributed by atoms with Crippen molar-refractivity contribution in [2.24, 2.45) is 0 Å². The van der Waals surface area contributed by atoms with Gasteiger partial charge in [0.15, 0.2) is 5.75 Å². The molecule has 10 heteroatoms. The molecule has 1 heterocycles. The van der Waals surface area contributed by atoms with E-state index in [2.05, 4.69) is 0 Å². The smallest absolute Gasteiger partial charge is 0.315 e. The number of phenolic OH excluding ortho intramolecular Hbond substituents is 1. The minimum absolute atomic E-state index is 0.0627. The number of methoxy groups -OCH3 is 1. The van der Waals surface area contributed by atoms with Crippen LogP contribution in [0, 0.1) is 10.1 Å². The predicted molar refractivity (Wildman–Crippen MR) is 95.1 cm³/mol. The molecule has 0 bridgehead atoms. The van der Waals surface area contributed by atoms with Crippen molar-refractivity contribution in [2.45, 2.75) is 13.3 Å². The second-order valence-electron chi connectivity index (χ2n) is 5.26. The molecule has 2 amide bonds. The van der Waals surface area contributed by atoms with E-state index in [0.29, 0.717) is 13.0 Å². The van der Waals surface area contributed by atoms with Gasteiger partial charge >= 0.3 is 5.69 Å². The molecular formula is C16H18N2O7S. The Balaban J connectivity index is 2.32.